The molecule has 1 N–H and O–H groups in total. The van der Waals surface area contributed by atoms with Gasteiger partial charge in [-0.15, -0.1) is 0 Å². The fraction of sp³-hybridized carbons (Fsp3) is 0.625. The second-order valence-electron chi connectivity index (χ2n) is 3.10. The molecule has 1 aromatic heterocycles. The quantitative estimate of drug-likeness (QED) is 0.665. The van der Waals surface area contributed by atoms with Gasteiger partial charge < -0.3 is 4.74 Å². The zero-order valence-corrected chi connectivity index (χ0v) is 7.19. The van der Waals surface area contributed by atoms with Crippen molar-refractivity contribution in [2.45, 2.75) is 18.8 Å². The van der Waals surface area contributed by atoms with Crippen LogP contribution in [0, 0.1) is 0 Å². The molecular weight excluding hydrogens is 170 g/mol. The predicted octanol–water partition coefficient (Wildman–Crippen LogP) is 0.0589. The van der Waals surface area contributed by atoms with Crippen molar-refractivity contribution in [1.82, 2.24) is 15.2 Å². The summed E-state index contributed by atoms with van der Waals surface area (Å²) in [5.74, 6) is 0.337. The van der Waals surface area contributed by atoms with Crippen LogP contribution in [0.5, 0.6) is 0 Å². The van der Waals surface area contributed by atoms with Gasteiger partial charge in [0, 0.05) is 19.1 Å². The summed E-state index contributed by atoms with van der Waals surface area (Å²) in [7, 11) is 0. The summed E-state index contributed by atoms with van der Waals surface area (Å²) in [5.41, 5.74) is 0.413. The summed E-state index contributed by atoms with van der Waals surface area (Å²) in [6.07, 6.45) is 3.48. The molecule has 1 aliphatic rings. The highest BCUT2D eigenvalue weighted by Gasteiger charge is 2.17. The molecule has 13 heavy (non-hydrogen) atoms. The largest absolute Gasteiger partial charge is 0.381 e. The normalized spacial score (nSPS) is 18.8. The lowest BCUT2D eigenvalue weighted by atomic mass is 9.97. The molecule has 1 saturated heterocycles. The second-order valence-corrected chi connectivity index (χ2v) is 3.10. The molecule has 0 radical (unpaired) electrons. The van der Waals surface area contributed by atoms with E-state index in [-0.39, 0.29) is 5.69 Å². The molecule has 2 heterocycles. The molecule has 5 nitrogen and oxygen atoms in total. The van der Waals surface area contributed by atoms with E-state index in [9.17, 15) is 4.79 Å². The Morgan fingerprint density at radius 1 is 1.46 bits per heavy atom. The Morgan fingerprint density at radius 2 is 2.23 bits per heavy atom. The van der Waals surface area contributed by atoms with Crippen molar-refractivity contribution >= 4 is 0 Å². The Morgan fingerprint density at radius 3 is 2.92 bits per heavy atom. The van der Waals surface area contributed by atoms with Gasteiger partial charge in [-0.3, -0.25) is 0 Å². The Labute approximate surface area is 75.2 Å². The van der Waals surface area contributed by atoms with E-state index < -0.39 is 0 Å². The van der Waals surface area contributed by atoms with Crippen molar-refractivity contribution in [3.8, 4) is 0 Å². The maximum Gasteiger partial charge on any atom is 0.361 e. The first-order valence-electron chi connectivity index (χ1n) is 4.35. The van der Waals surface area contributed by atoms with Gasteiger partial charge in [0.1, 0.15) is 0 Å². The zero-order valence-electron chi connectivity index (χ0n) is 7.19. The molecule has 0 bridgehead atoms. The van der Waals surface area contributed by atoms with E-state index in [4.69, 9.17) is 4.74 Å². The third kappa shape index (κ3) is 1.92. The first kappa shape index (κ1) is 8.37. The summed E-state index contributed by atoms with van der Waals surface area (Å²) < 4.78 is 5.22. The highest BCUT2D eigenvalue weighted by molar-refractivity contribution is 5.02. The van der Waals surface area contributed by atoms with Crippen molar-refractivity contribution in [3.05, 3.63) is 22.4 Å². The molecule has 1 aliphatic heterocycles. The van der Waals surface area contributed by atoms with Gasteiger partial charge in [0.05, 0.1) is 11.9 Å². The highest BCUT2D eigenvalue weighted by atomic mass is 16.5. The Bertz CT molecular complexity index is 330. The third-order valence-electron chi connectivity index (χ3n) is 2.23. The van der Waals surface area contributed by atoms with Gasteiger partial charge in [-0.05, 0) is 12.8 Å². The Kier molecular flexibility index (Phi) is 2.35. The lowest BCUT2D eigenvalue weighted by molar-refractivity contribution is 0.0843. The van der Waals surface area contributed by atoms with Crippen molar-refractivity contribution < 1.29 is 4.74 Å². The molecule has 0 aromatic carbocycles. The zero-order chi connectivity index (χ0) is 9.10. The van der Waals surface area contributed by atoms with Crippen LogP contribution >= 0.6 is 0 Å². The minimum absolute atomic E-state index is 0.337. The molecule has 5 heteroatoms. The molecule has 0 saturated carbocycles. The summed E-state index contributed by atoms with van der Waals surface area (Å²) in [5, 5.41) is 5.98. The van der Waals surface area contributed by atoms with Crippen molar-refractivity contribution in [2.75, 3.05) is 13.2 Å². The number of hydrogen-bond acceptors (Lipinski definition) is 4. The van der Waals surface area contributed by atoms with Crippen LogP contribution in [0.15, 0.2) is 11.0 Å². The van der Waals surface area contributed by atoms with Crippen LogP contribution < -0.4 is 5.69 Å². The fourth-order valence-electron chi connectivity index (χ4n) is 1.51. The van der Waals surface area contributed by atoms with E-state index in [1.54, 1.807) is 6.20 Å². The van der Waals surface area contributed by atoms with Crippen LogP contribution in [-0.4, -0.2) is 28.4 Å². The number of hydrogen-bond donors (Lipinski definition) is 1. The Hall–Kier alpha value is -1.23. The summed E-state index contributed by atoms with van der Waals surface area (Å²) in [4.78, 5) is 14.7. The summed E-state index contributed by atoms with van der Waals surface area (Å²) in [6.45, 7) is 1.50. The second kappa shape index (κ2) is 3.66. The highest BCUT2D eigenvalue weighted by Crippen LogP contribution is 2.23. The monoisotopic (exact) mass is 181 g/mol. The van der Waals surface area contributed by atoms with E-state index in [1.165, 1.54) is 0 Å². The van der Waals surface area contributed by atoms with Crippen LogP contribution in [0.3, 0.4) is 0 Å². The number of rotatable bonds is 1. The van der Waals surface area contributed by atoms with E-state index in [2.05, 4.69) is 15.2 Å². The average molecular weight is 181 g/mol. The van der Waals surface area contributed by atoms with Crippen LogP contribution in [0.1, 0.15) is 24.5 Å². The summed E-state index contributed by atoms with van der Waals surface area (Å²) in [6, 6.07) is 0. The van der Waals surface area contributed by atoms with E-state index in [0.717, 1.165) is 31.7 Å². The molecule has 0 amide bonds. The van der Waals surface area contributed by atoms with Crippen molar-refractivity contribution in [1.29, 1.82) is 0 Å². The van der Waals surface area contributed by atoms with Gasteiger partial charge in [-0.25, -0.2) is 9.89 Å². The molecule has 0 atom stereocenters. The molecule has 70 valence electrons. The third-order valence-corrected chi connectivity index (χ3v) is 2.23. The van der Waals surface area contributed by atoms with E-state index in [1.807, 2.05) is 0 Å². The maximum atomic E-state index is 10.9. The van der Waals surface area contributed by atoms with Crippen molar-refractivity contribution in [3.63, 3.8) is 0 Å². The van der Waals surface area contributed by atoms with Gasteiger partial charge in [-0.2, -0.15) is 10.1 Å². The minimum Gasteiger partial charge on any atom is -0.381 e. The lowest BCUT2D eigenvalue weighted by Gasteiger charge is -2.20. The molecular formula is C8H11N3O2. The van der Waals surface area contributed by atoms with Gasteiger partial charge in [0.15, 0.2) is 0 Å². The number of ether oxygens (including phenoxy) is 1. The average Bonchev–Trinajstić information content (AvgIpc) is 2.19. The maximum absolute atomic E-state index is 10.9. The van der Waals surface area contributed by atoms with Crippen LogP contribution in [-0.2, 0) is 4.74 Å². The van der Waals surface area contributed by atoms with E-state index >= 15 is 0 Å². The molecule has 2 rings (SSSR count). The molecule has 0 aliphatic carbocycles. The molecule has 0 spiro atoms. The van der Waals surface area contributed by atoms with Crippen molar-refractivity contribution in [2.24, 2.45) is 0 Å². The first-order chi connectivity index (χ1) is 6.36. The molecule has 1 fully saturated rings. The SMILES string of the molecule is O=c1nc(C2CCOCC2)cn[nH]1. The van der Waals surface area contributed by atoms with Crippen LogP contribution in [0.2, 0.25) is 0 Å². The number of nitrogens with zero attached hydrogens (tertiary/aromatic N) is 2. The van der Waals surface area contributed by atoms with Gasteiger partial charge in [0.25, 0.3) is 0 Å². The minimum atomic E-state index is -0.371. The first-order valence-corrected chi connectivity index (χ1v) is 4.35. The number of aromatic nitrogens is 3. The molecule has 0 unspecified atom stereocenters. The van der Waals surface area contributed by atoms with Crippen LogP contribution in [0.4, 0.5) is 0 Å². The number of nitrogens with one attached hydrogen (secondary N) is 1. The molecule has 1 aromatic rings. The van der Waals surface area contributed by atoms with Gasteiger partial charge in [0.2, 0.25) is 0 Å². The number of aromatic amines is 1. The fourth-order valence-corrected chi connectivity index (χ4v) is 1.51. The number of H-pyrrole nitrogens is 1. The van der Waals surface area contributed by atoms with Crippen LogP contribution in [0.25, 0.3) is 0 Å². The van der Waals surface area contributed by atoms with Gasteiger partial charge >= 0.3 is 5.69 Å². The lowest BCUT2D eigenvalue weighted by Crippen LogP contribution is -2.20. The topological polar surface area (TPSA) is 67.9 Å². The standard InChI is InChI=1S/C8H11N3O2/c12-8-10-7(5-9-11-8)6-1-3-13-4-2-6/h5-6H,1-4H2,(H,10,11,12). The Balaban J connectivity index is 2.19. The summed E-state index contributed by atoms with van der Waals surface area (Å²) >= 11 is 0. The smallest absolute Gasteiger partial charge is 0.361 e. The van der Waals surface area contributed by atoms with Gasteiger partial charge in [-0.1, -0.05) is 0 Å². The predicted molar refractivity (Wildman–Crippen MR) is 45.4 cm³/mol. The van der Waals surface area contributed by atoms with E-state index in [0.29, 0.717) is 5.92 Å².